The molecule has 3 nitrogen and oxygen atoms in total. The van der Waals surface area contributed by atoms with Gasteiger partial charge in [0.15, 0.2) is 0 Å². The van der Waals surface area contributed by atoms with E-state index in [0.717, 1.165) is 45.2 Å². The summed E-state index contributed by atoms with van der Waals surface area (Å²) in [4.78, 5) is 14.4. The van der Waals surface area contributed by atoms with Crippen molar-refractivity contribution in [2.24, 2.45) is 11.1 Å². The van der Waals surface area contributed by atoms with Gasteiger partial charge < -0.3 is 10.6 Å². The van der Waals surface area contributed by atoms with Gasteiger partial charge in [-0.1, -0.05) is 0 Å². The normalized spacial score (nSPS) is 38.3. The van der Waals surface area contributed by atoms with Crippen LogP contribution in [0.1, 0.15) is 46.0 Å². The quantitative estimate of drug-likeness (QED) is 0.767. The number of hydrogen-bond acceptors (Lipinski definition) is 2. The molecule has 2 saturated carbocycles. The summed E-state index contributed by atoms with van der Waals surface area (Å²) in [6, 6.07) is 0. The molecular weight excluding hydrogens is 188 g/mol. The number of carbonyl (C=O) groups excluding carboxylic acids is 1. The van der Waals surface area contributed by atoms with Gasteiger partial charge in [0.05, 0.1) is 5.41 Å². The van der Waals surface area contributed by atoms with Gasteiger partial charge in [-0.05, 0) is 46.0 Å². The zero-order chi connectivity index (χ0) is 11.1. The highest BCUT2D eigenvalue weighted by Gasteiger charge is 2.56. The minimum absolute atomic E-state index is 0.0111. The predicted octanol–water partition coefficient (Wildman–Crippen LogP) is 1.52. The van der Waals surface area contributed by atoms with Crippen molar-refractivity contribution >= 4 is 5.91 Å². The van der Waals surface area contributed by atoms with Gasteiger partial charge in [0.25, 0.3) is 0 Å². The Hall–Kier alpha value is -0.570. The first-order valence-electron chi connectivity index (χ1n) is 6.13. The minimum atomic E-state index is -0.0826. The summed E-state index contributed by atoms with van der Waals surface area (Å²) < 4.78 is 0. The van der Waals surface area contributed by atoms with Gasteiger partial charge in [-0.15, -0.1) is 0 Å². The van der Waals surface area contributed by atoms with E-state index in [1.54, 1.807) is 0 Å². The third-order valence-electron chi connectivity index (χ3n) is 4.40. The average molecular weight is 210 g/mol. The molecule has 1 amide bonds. The molecule has 0 atom stereocenters. The number of nitrogens with zero attached hydrogens (tertiary/aromatic N) is 1. The van der Waals surface area contributed by atoms with E-state index < -0.39 is 0 Å². The van der Waals surface area contributed by atoms with Crippen molar-refractivity contribution in [3.8, 4) is 0 Å². The molecule has 2 aliphatic rings. The van der Waals surface area contributed by atoms with E-state index in [1.165, 1.54) is 0 Å². The van der Waals surface area contributed by atoms with Gasteiger partial charge in [0.1, 0.15) is 0 Å². The van der Waals surface area contributed by atoms with Crippen molar-refractivity contribution < 1.29 is 4.79 Å². The summed E-state index contributed by atoms with van der Waals surface area (Å²) in [5.41, 5.74) is 6.14. The molecule has 0 aliphatic heterocycles. The monoisotopic (exact) mass is 210 g/mol. The van der Waals surface area contributed by atoms with E-state index in [1.807, 2.05) is 4.90 Å². The molecule has 0 radical (unpaired) electrons. The van der Waals surface area contributed by atoms with Crippen molar-refractivity contribution in [1.29, 1.82) is 0 Å². The van der Waals surface area contributed by atoms with Crippen molar-refractivity contribution in [1.82, 2.24) is 4.90 Å². The van der Waals surface area contributed by atoms with Crippen LogP contribution >= 0.6 is 0 Å². The van der Waals surface area contributed by atoms with Crippen molar-refractivity contribution in [3.63, 3.8) is 0 Å². The summed E-state index contributed by atoms with van der Waals surface area (Å²) in [5.74, 6) is 0.359. The highest BCUT2D eigenvalue weighted by Crippen LogP contribution is 2.56. The van der Waals surface area contributed by atoms with E-state index in [2.05, 4.69) is 13.8 Å². The Bertz CT molecular complexity index is 263. The van der Waals surface area contributed by atoms with Gasteiger partial charge in [-0.25, -0.2) is 0 Å². The molecule has 2 fully saturated rings. The van der Waals surface area contributed by atoms with Crippen LogP contribution in [0, 0.1) is 5.41 Å². The first-order valence-corrected chi connectivity index (χ1v) is 6.13. The highest BCUT2D eigenvalue weighted by atomic mass is 16.2. The van der Waals surface area contributed by atoms with Crippen molar-refractivity contribution in [3.05, 3.63) is 0 Å². The Morgan fingerprint density at radius 3 is 2.07 bits per heavy atom. The lowest BCUT2D eigenvalue weighted by Crippen LogP contribution is -2.41. The Morgan fingerprint density at radius 2 is 1.73 bits per heavy atom. The van der Waals surface area contributed by atoms with Crippen LogP contribution < -0.4 is 5.73 Å². The van der Waals surface area contributed by atoms with Gasteiger partial charge in [0.2, 0.25) is 5.91 Å². The molecule has 0 unspecified atom stereocenters. The fourth-order valence-electron chi connectivity index (χ4n) is 3.39. The number of nitrogens with two attached hydrogens (primary N) is 1. The molecule has 2 aliphatic carbocycles. The fraction of sp³-hybridized carbons (Fsp3) is 0.917. The number of carbonyl (C=O) groups is 1. The lowest BCUT2D eigenvalue weighted by atomic mass is 9.82. The van der Waals surface area contributed by atoms with Crippen LogP contribution in [0.4, 0.5) is 0 Å². The molecule has 0 aromatic heterocycles. The molecule has 2 N–H and O–H groups in total. The number of fused-ring (bicyclic) bond motifs is 2. The first-order chi connectivity index (χ1) is 7.05. The third kappa shape index (κ3) is 1.57. The molecule has 3 heteroatoms. The molecule has 0 aromatic carbocycles. The molecule has 15 heavy (non-hydrogen) atoms. The largest absolute Gasteiger partial charge is 0.343 e. The van der Waals surface area contributed by atoms with Crippen LogP contribution in [0.25, 0.3) is 0 Å². The highest BCUT2D eigenvalue weighted by molar-refractivity contribution is 5.84. The smallest absolute Gasteiger partial charge is 0.228 e. The summed E-state index contributed by atoms with van der Waals surface area (Å²) in [6.07, 6.45) is 5.03. The second kappa shape index (κ2) is 3.48. The zero-order valence-electron chi connectivity index (χ0n) is 9.88. The van der Waals surface area contributed by atoms with Crippen molar-refractivity contribution in [2.45, 2.75) is 51.5 Å². The molecule has 0 aromatic rings. The van der Waals surface area contributed by atoms with Crippen LogP contribution in [-0.4, -0.2) is 29.4 Å². The first kappa shape index (κ1) is 10.9. The summed E-state index contributed by atoms with van der Waals surface area (Å²) >= 11 is 0. The second-order valence-corrected chi connectivity index (χ2v) is 5.30. The van der Waals surface area contributed by atoms with Crippen LogP contribution in [-0.2, 0) is 4.79 Å². The third-order valence-corrected chi connectivity index (χ3v) is 4.40. The number of amides is 1. The Morgan fingerprint density at radius 1 is 1.20 bits per heavy atom. The number of rotatable bonds is 3. The summed E-state index contributed by atoms with van der Waals surface area (Å²) in [6.45, 7) is 5.76. The maximum atomic E-state index is 12.4. The zero-order valence-corrected chi connectivity index (χ0v) is 9.88. The van der Waals surface area contributed by atoms with E-state index >= 15 is 0 Å². The molecule has 2 bridgehead atoms. The lowest BCUT2D eigenvalue weighted by molar-refractivity contribution is -0.141. The van der Waals surface area contributed by atoms with E-state index in [9.17, 15) is 4.79 Å². The minimum Gasteiger partial charge on any atom is -0.343 e. The van der Waals surface area contributed by atoms with Gasteiger partial charge in [-0.2, -0.15) is 0 Å². The topological polar surface area (TPSA) is 46.3 Å². The summed E-state index contributed by atoms with van der Waals surface area (Å²) in [7, 11) is 0. The Labute approximate surface area is 92.0 Å². The van der Waals surface area contributed by atoms with Gasteiger partial charge in [-0.3, -0.25) is 4.79 Å². The second-order valence-electron chi connectivity index (χ2n) is 5.30. The molecule has 2 rings (SSSR count). The van der Waals surface area contributed by atoms with Crippen LogP contribution in [0.2, 0.25) is 0 Å². The van der Waals surface area contributed by atoms with Crippen LogP contribution in [0.5, 0.6) is 0 Å². The Balaban J connectivity index is 2.14. The van der Waals surface area contributed by atoms with Crippen LogP contribution in [0.3, 0.4) is 0 Å². The van der Waals surface area contributed by atoms with Crippen LogP contribution in [0.15, 0.2) is 0 Å². The predicted molar refractivity (Wildman–Crippen MR) is 60.4 cm³/mol. The van der Waals surface area contributed by atoms with Gasteiger partial charge in [0, 0.05) is 18.6 Å². The van der Waals surface area contributed by atoms with E-state index in [0.29, 0.717) is 5.91 Å². The average Bonchev–Trinajstić information content (AvgIpc) is 2.74. The lowest BCUT2D eigenvalue weighted by Gasteiger charge is -2.31. The molecular formula is C12H22N2O. The standard InChI is InChI=1S/C12H22N2O/c1-3-14(4-2)10(15)11-5-7-12(13,9-11)8-6-11/h3-9,13H2,1-2H3. The number of hydrogen-bond donors (Lipinski definition) is 1. The van der Waals surface area contributed by atoms with E-state index in [-0.39, 0.29) is 11.0 Å². The SMILES string of the molecule is CCN(CC)C(=O)C12CCC(N)(CC1)C2. The molecule has 0 heterocycles. The molecule has 0 spiro atoms. The van der Waals surface area contributed by atoms with Crippen molar-refractivity contribution in [2.75, 3.05) is 13.1 Å². The molecule has 0 saturated heterocycles. The van der Waals surface area contributed by atoms with Gasteiger partial charge >= 0.3 is 0 Å². The Kier molecular flexibility index (Phi) is 2.53. The maximum Gasteiger partial charge on any atom is 0.228 e. The maximum absolute atomic E-state index is 12.4. The molecule has 86 valence electrons. The van der Waals surface area contributed by atoms with E-state index in [4.69, 9.17) is 5.73 Å². The fourth-order valence-corrected chi connectivity index (χ4v) is 3.39. The summed E-state index contributed by atoms with van der Waals surface area (Å²) in [5, 5.41) is 0.